The van der Waals surface area contributed by atoms with E-state index in [9.17, 15) is 9.18 Å². The van der Waals surface area contributed by atoms with Gasteiger partial charge in [-0.3, -0.25) is 4.79 Å². The highest BCUT2D eigenvalue weighted by Gasteiger charge is 2.18. The van der Waals surface area contributed by atoms with E-state index in [0.717, 1.165) is 19.5 Å². The van der Waals surface area contributed by atoms with E-state index in [4.69, 9.17) is 0 Å². The molecule has 0 spiro atoms. The molecule has 0 saturated carbocycles. The summed E-state index contributed by atoms with van der Waals surface area (Å²) in [7, 11) is 3.71. The maximum atomic E-state index is 14.0. The van der Waals surface area contributed by atoms with Gasteiger partial charge in [0.05, 0.1) is 5.56 Å². The summed E-state index contributed by atoms with van der Waals surface area (Å²) in [5, 5.41) is 5.43. The molecular weight excluding hydrogens is 271 g/mol. The quantitative estimate of drug-likeness (QED) is 0.868. The van der Waals surface area contributed by atoms with Crippen LogP contribution in [-0.2, 0) is 0 Å². The number of carbonyl (C=O) groups excluding carboxylic acids is 1. The number of pyridine rings is 1. The third-order valence-corrected chi connectivity index (χ3v) is 4.05. The van der Waals surface area contributed by atoms with E-state index in [0.29, 0.717) is 12.5 Å². The SMILES string of the molecule is CNc1nccc(C(=O)NCCC2CCN(C)CC2)c1F. The van der Waals surface area contributed by atoms with Crippen LogP contribution in [0.1, 0.15) is 29.6 Å². The number of nitrogens with zero attached hydrogens (tertiary/aromatic N) is 2. The summed E-state index contributed by atoms with van der Waals surface area (Å²) in [6, 6.07) is 1.40. The van der Waals surface area contributed by atoms with Crippen molar-refractivity contribution in [1.29, 1.82) is 0 Å². The fourth-order valence-corrected chi connectivity index (χ4v) is 2.63. The summed E-state index contributed by atoms with van der Waals surface area (Å²) in [6.45, 7) is 2.82. The van der Waals surface area contributed by atoms with Crippen molar-refractivity contribution >= 4 is 11.7 Å². The number of likely N-dealkylation sites (tertiary alicyclic amines) is 1. The highest BCUT2D eigenvalue weighted by molar-refractivity contribution is 5.95. The predicted octanol–water partition coefficient (Wildman–Crippen LogP) is 1.72. The van der Waals surface area contributed by atoms with Crippen molar-refractivity contribution in [2.45, 2.75) is 19.3 Å². The Balaban J connectivity index is 1.82. The summed E-state index contributed by atoms with van der Waals surface area (Å²) in [5.74, 6) is -0.231. The van der Waals surface area contributed by atoms with Gasteiger partial charge >= 0.3 is 0 Å². The molecule has 21 heavy (non-hydrogen) atoms. The van der Waals surface area contributed by atoms with Gasteiger partial charge in [0.25, 0.3) is 5.91 Å². The molecule has 1 amide bonds. The van der Waals surface area contributed by atoms with Crippen molar-refractivity contribution in [3.05, 3.63) is 23.6 Å². The molecule has 1 fully saturated rings. The number of nitrogens with one attached hydrogen (secondary N) is 2. The van der Waals surface area contributed by atoms with Crippen molar-refractivity contribution in [2.75, 3.05) is 39.0 Å². The Morgan fingerprint density at radius 1 is 1.48 bits per heavy atom. The number of aromatic nitrogens is 1. The Hall–Kier alpha value is -1.69. The Morgan fingerprint density at radius 2 is 2.19 bits per heavy atom. The number of piperidine rings is 1. The second-order valence-corrected chi connectivity index (χ2v) is 5.56. The molecule has 1 aromatic rings. The second-order valence-electron chi connectivity index (χ2n) is 5.56. The van der Waals surface area contributed by atoms with E-state index in [1.807, 2.05) is 0 Å². The minimum Gasteiger partial charge on any atom is -0.371 e. The molecule has 0 unspecified atom stereocenters. The highest BCUT2D eigenvalue weighted by Crippen LogP contribution is 2.19. The lowest BCUT2D eigenvalue weighted by molar-refractivity contribution is 0.0945. The predicted molar refractivity (Wildman–Crippen MR) is 80.9 cm³/mol. The molecule has 0 bridgehead atoms. The molecule has 1 saturated heterocycles. The van der Waals surface area contributed by atoms with Crippen molar-refractivity contribution in [1.82, 2.24) is 15.2 Å². The fraction of sp³-hybridized carbons (Fsp3) is 0.600. The smallest absolute Gasteiger partial charge is 0.254 e. The number of halogens is 1. The van der Waals surface area contributed by atoms with Crippen molar-refractivity contribution in [2.24, 2.45) is 5.92 Å². The van der Waals surface area contributed by atoms with Gasteiger partial charge in [0, 0.05) is 19.8 Å². The number of carbonyl (C=O) groups is 1. The first kappa shape index (κ1) is 15.7. The lowest BCUT2D eigenvalue weighted by Gasteiger charge is -2.28. The Bertz CT molecular complexity index is 487. The number of amides is 1. The Morgan fingerprint density at radius 3 is 2.86 bits per heavy atom. The first-order valence-electron chi connectivity index (χ1n) is 7.40. The molecule has 2 heterocycles. The average molecular weight is 294 g/mol. The molecule has 0 radical (unpaired) electrons. The van der Waals surface area contributed by atoms with E-state index in [2.05, 4.69) is 27.6 Å². The minimum absolute atomic E-state index is 0.0396. The topological polar surface area (TPSA) is 57.3 Å². The average Bonchev–Trinajstić information content (AvgIpc) is 2.49. The van der Waals surface area contributed by atoms with Gasteiger partial charge in [0.15, 0.2) is 11.6 Å². The van der Waals surface area contributed by atoms with Gasteiger partial charge in [-0.15, -0.1) is 0 Å². The van der Waals surface area contributed by atoms with Gasteiger partial charge in [0.2, 0.25) is 0 Å². The minimum atomic E-state index is -0.600. The molecule has 0 atom stereocenters. The third-order valence-electron chi connectivity index (χ3n) is 4.05. The van der Waals surface area contributed by atoms with E-state index >= 15 is 0 Å². The number of rotatable bonds is 5. The van der Waals surface area contributed by atoms with Crippen molar-refractivity contribution < 1.29 is 9.18 Å². The Labute approximate surface area is 124 Å². The van der Waals surface area contributed by atoms with Gasteiger partial charge in [-0.2, -0.15) is 0 Å². The van der Waals surface area contributed by atoms with Gasteiger partial charge in [-0.05, 0) is 51.4 Å². The molecule has 1 aliphatic heterocycles. The molecule has 5 nitrogen and oxygen atoms in total. The maximum Gasteiger partial charge on any atom is 0.254 e. The summed E-state index contributed by atoms with van der Waals surface area (Å²) < 4.78 is 14.0. The lowest BCUT2D eigenvalue weighted by Crippen LogP contribution is -2.33. The van der Waals surface area contributed by atoms with E-state index in [1.54, 1.807) is 7.05 Å². The third kappa shape index (κ3) is 4.14. The molecule has 2 rings (SSSR count). The van der Waals surface area contributed by atoms with Crippen molar-refractivity contribution in [3.8, 4) is 0 Å². The summed E-state index contributed by atoms with van der Waals surface area (Å²) >= 11 is 0. The first-order valence-corrected chi connectivity index (χ1v) is 7.40. The van der Waals surface area contributed by atoms with Gasteiger partial charge in [-0.1, -0.05) is 0 Å². The standard InChI is InChI=1S/C15H23FN4O/c1-17-14-13(16)12(4-8-18-14)15(21)19-7-3-11-5-9-20(2)10-6-11/h4,8,11H,3,5-7,9-10H2,1-2H3,(H,17,18)(H,19,21). The van der Waals surface area contributed by atoms with Crippen LogP contribution in [0.2, 0.25) is 0 Å². The fourth-order valence-electron chi connectivity index (χ4n) is 2.63. The van der Waals surface area contributed by atoms with E-state index in [-0.39, 0.29) is 17.3 Å². The lowest BCUT2D eigenvalue weighted by atomic mass is 9.94. The van der Waals surface area contributed by atoms with Gasteiger partial charge in [0.1, 0.15) is 0 Å². The molecule has 0 aliphatic carbocycles. The molecule has 2 N–H and O–H groups in total. The van der Waals surface area contributed by atoms with E-state index in [1.165, 1.54) is 25.1 Å². The molecule has 1 aliphatic rings. The van der Waals surface area contributed by atoms with Crippen LogP contribution in [0.5, 0.6) is 0 Å². The molecule has 1 aromatic heterocycles. The first-order chi connectivity index (χ1) is 10.1. The van der Waals surface area contributed by atoms with Crippen LogP contribution in [0.15, 0.2) is 12.3 Å². The molecular formula is C15H23FN4O. The molecule has 0 aromatic carbocycles. The van der Waals surface area contributed by atoms with Crippen LogP contribution >= 0.6 is 0 Å². The van der Waals surface area contributed by atoms with Gasteiger partial charge < -0.3 is 15.5 Å². The summed E-state index contributed by atoms with van der Waals surface area (Å²) in [4.78, 5) is 18.2. The van der Waals surface area contributed by atoms with Crippen LogP contribution in [0.25, 0.3) is 0 Å². The maximum absolute atomic E-state index is 14.0. The molecule has 116 valence electrons. The largest absolute Gasteiger partial charge is 0.371 e. The molecule has 6 heteroatoms. The summed E-state index contributed by atoms with van der Waals surface area (Å²) in [6.07, 6.45) is 4.71. The van der Waals surface area contributed by atoms with Crippen LogP contribution in [0.4, 0.5) is 10.2 Å². The summed E-state index contributed by atoms with van der Waals surface area (Å²) in [5.41, 5.74) is 0.0396. The van der Waals surface area contributed by atoms with Crippen molar-refractivity contribution in [3.63, 3.8) is 0 Å². The van der Waals surface area contributed by atoms with Gasteiger partial charge in [-0.25, -0.2) is 9.37 Å². The van der Waals surface area contributed by atoms with Crippen LogP contribution < -0.4 is 10.6 Å². The Kier molecular flexibility index (Phi) is 5.50. The van der Waals surface area contributed by atoms with Crippen LogP contribution in [0.3, 0.4) is 0 Å². The zero-order valence-electron chi connectivity index (χ0n) is 12.7. The zero-order valence-corrected chi connectivity index (χ0v) is 12.7. The number of hydrogen-bond donors (Lipinski definition) is 2. The second kappa shape index (κ2) is 7.36. The number of anilines is 1. The zero-order chi connectivity index (χ0) is 15.2. The van der Waals surface area contributed by atoms with Crippen LogP contribution in [-0.4, -0.2) is 49.5 Å². The monoisotopic (exact) mass is 294 g/mol. The normalized spacial score (nSPS) is 16.7. The van der Waals surface area contributed by atoms with E-state index < -0.39 is 5.82 Å². The highest BCUT2D eigenvalue weighted by atomic mass is 19.1. The van der Waals surface area contributed by atoms with Crippen LogP contribution in [0, 0.1) is 11.7 Å². The number of hydrogen-bond acceptors (Lipinski definition) is 4.